The number of hydrogen-bond acceptors (Lipinski definition) is 7. The first-order valence-corrected chi connectivity index (χ1v) is 13.9. The zero-order chi connectivity index (χ0) is 27.9. The molecule has 2 aromatic heterocycles. The van der Waals surface area contributed by atoms with Crippen LogP contribution in [0.15, 0.2) is 66.9 Å². The van der Waals surface area contributed by atoms with Gasteiger partial charge in [0.15, 0.2) is 0 Å². The molecule has 0 saturated heterocycles. The van der Waals surface area contributed by atoms with E-state index in [1.54, 1.807) is 18.3 Å². The van der Waals surface area contributed by atoms with Crippen LogP contribution in [0.4, 0.5) is 5.69 Å². The Balaban J connectivity index is 1.30. The summed E-state index contributed by atoms with van der Waals surface area (Å²) in [6.07, 6.45) is 5.91. The molecule has 206 valence electrons. The highest BCUT2D eigenvalue weighted by Gasteiger charge is 2.30. The fraction of sp³-hybridized carbons (Fsp3) is 0.333. The number of tetrazole rings is 1. The van der Waals surface area contributed by atoms with Gasteiger partial charge in [-0.1, -0.05) is 35.9 Å². The maximum atomic E-state index is 13.5. The lowest BCUT2D eigenvalue weighted by Crippen LogP contribution is -2.31. The second kappa shape index (κ2) is 12.9. The van der Waals surface area contributed by atoms with Crippen molar-refractivity contribution in [3.8, 4) is 22.5 Å². The SMILES string of the molecule is NCC1CCC(C(=O)C[C@@H](Cc2ccc(-c3cccnc3Cl)cc2)C(=O)Nc2ccc(-c3nn[nH]n3)cc2)CC1. The van der Waals surface area contributed by atoms with Crippen molar-refractivity contribution in [2.45, 2.75) is 38.5 Å². The minimum absolute atomic E-state index is 0.0116. The predicted octanol–water partition coefficient (Wildman–Crippen LogP) is 5.10. The third-order valence-electron chi connectivity index (χ3n) is 7.72. The molecule has 1 saturated carbocycles. The molecule has 0 unspecified atom stereocenters. The number of ketones is 1. The van der Waals surface area contributed by atoms with Crippen molar-refractivity contribution in [3.63, 3.8) is 0 Å². The van der Waals surface area contributed by atoms with Gasteiger partial charge in [0.1, 0.15) is 10.9 Å². The minimum Gasteiger partial charge on any atom is -0.330 e. The largest absolute Gasteiger partial charge is 0.330 e. The van der Waals surface area contributed by atoms with E-state index in [1.807, 2.05) is 48.5 Å². The lowest BCUT2D eigenvalue weighted by Gasteiger charge is -2.27. The summed E-state index contributed by atoms with van der Waals surface area (Å²) in [7, 11) is 0. The van der Waals surface area contributed by atoms with E-state index in [9.17, 15) is 9.59 Å². The maximum Gasteiger partial charge on any atom is 0.228 e. The lowest BCUT2D eigenvalue weighted by molar-refractivity contribution is -0.129. The van der Waals surface area contributed by atoms with Crippen LogP contribution in [0.25, 0.3) is 22.5 Å². The summed E-state index contributed by atoms with van der Waals surface area (Å²) in [5.74, 6) is 0.413. The lowest BCUT2D eigenvalue weighted by atomic mass is 9.77. The number of H-pyrrole nitrogens is 1. The quantitative estimate of drug-likeness (QED) is 0.230. The van der Waals surface area contributed by atoms with Crippen molar-refractivity contribution < 1.29 is 9.59 Å². The van der Waals surface area contributed by atoms with Crippen LogP contribution in [-0.4, -0.2) is 43.8 Å². The fourth-order valence-electron chi connectivity index (χ4n) is 5.32. The molecule has 10 heteroatoms. The first-order valence-electron chi connectivity index (χ1n) is 13.6. The Morgan fingerprint density at radius 1 is 1.00 bits per heavy atom. The maximum absolute atomic E-state index is 13.5. The number of pyridine rings is 1. The zero-order valence-corrected chi connectivity index (χ0v) is 22.8. The fourth-order valence-corrected chi connectivity index (χ4v) is 5.55. The van der Waals surface area contributed by atoms with E-state index in [4.69, 9.17) is 17.3 Å². The average molecular weight is 558 g/mol. The van der Waals surface area contributed by atoms with Crippen molar-refractivity contribution in [2.24, 2.45) is 23.5 Å². The Kier molecular flexibility index (Phi) is 8.93. The molecular weight excluding hydrogens is 526 g/mol. The Hall–Kier alpha value is -3.95. The molecule has 4 aromatic rings. The first-order chi connectivity index (χ1) is 19.5. The van der Waals surface area contributed by atoms with Gasteiger partial charge in [0.25, 0.3) is 0 Å². The highest BCUT2D eigenvalue weighted by molar-refractivity contribution is 6.32. The van der Waals surface area contributed by atoms with Gasteiger partial charge in [-0.15, -0.1) is 10.2 Å². The second-order valence-electron chi connectivity index (χ2n) is 10.4. The molecule has 5 rings (SSSR count). The van der Waals surface area contributed by atoms with Crippen LogP contribution in [0.3, 0.4) is 0 Å². The minimum atomic E-state index is -0.510. The van der Waals surface area contributed by atoms with Crippen molar-refractivity contribution in [3.05, 3.63) is 77.6 Å². The van der Waals surface area contributed by atoms with Crippen molar-refractivity contribution in [1.82, 2.24) is 25.6 Å². The monoisotopic (exact) mass is 557 g/mol. The number of nitrogens with two attached hydrogens (primary N) is 1. The van der Waals surface area contributed by atoms with Crippen LogP contribution in [0, 0.1) is 17.8 Å². The normalized spacial score (nSPS) is 17.8. The van der Waals surface area contributed by atoms with Crippen LogP contribution in [0.2, 0.25) is 5.15 Å². The number of nitrogens with one attached hydrogen (secondary N) is 2. The molecule has 1 aliphatic carbocycles. The van der Waals surface area contributed by atoms with Gasteiger partial charge < -0.3 is 11.1 Å². The Labute approximate surface area is 237 Å². The van der Waals surface area contributed by atoms with Crippen LogP contribution in [0.1, 0.15) is 37.7 Å². The average Bonchev–Trinajstić information content (AvgIpc) is 3.53. The van der Waals surface area contributed by atoms with Gasteiger partial charge in [-0.2, -0.15) is 5.21 Å². The number of nitrogens with zero attached hydrogens (tertiary/aromatic N) is 4. The smallest absolute Gasteiger partial charge is 0.228 e. The van der Waals surface area contributed by atoms with Crippen LogP contribution in [-0.2, 0) is 16.0 Å². The summed E-state index contributed by atoms with van der Waals surface area (Å²) >= 11 is 6.27. The molecular formula is C30H32ClN7O2. The molecule has 4 N–H and O–H groups in total. The number of benzene rings is 2. The van der Waals surface area contributed by atoms with E-state index in [1.165, 1.54) is 0 Å². The number of hydrogen-bond donors (Lipinski definition) is 3. The highest BCUT2D eigenvalue weighted by atomic mass is 35.5. The number of carbonyl (C=O) groups is 2. The van der Waals surface area contributed by atoms with E-state index < -0.39 is 5.92 Å². The molecule has 0 bridgehead atoms. The van der Waals surface area contributed by atoms with Crippen LogP contribution < -0.4 is 11.1 Å². The summed E-state index contributed by atoms with van der Waals surface area (Å²) in [5.41, 5.74) is 10.0. The predicted molar refractivity (Wildman–Crippen MR) is 154 cm³/mol. The number of aromatic amines is 1. The van der Waals surface area contributed by atoms with E-state index in [0.717, 1.165) is 47.9 Å². The second-order valence-corrected chi connectivity index (χ2v) is 10.7. The molecule has 2 heterocycles. The Bertz CT molecular complexity index is 1420. The topological polar surface area (TPSA) is 140 Å². The van der Waals surface area contributed by atoms with Gasteiger partial charge in [0, 0.05) is 41.3 Å². The molecule has 40 heavy (non-hydrogen) atoms. The van der Waals surface area contributed by atoms with Crippen LogP contribution >= 0.6 is 11.6 Å². The molecule has 1 aliphatic rings. The van der Waals surface area contributed by atoms with Gasteiger partial charge in [-0.3, -0.25) is 9.59 Å². The molecule has 0 spiro atoms. The zero-order valence-electron chi connectivity index (χ0n) is 22.1. The number of rotatable bonds is 10. The van der Waals surface area contributed by atoms with Gasteiger partial charge >= 0.3 is 0 Å². The number of anilines is 1. The van der Waals surface area contributed by atoms with E-state index in [2.05, 4.69) is 30.9 Å². The molecule has 2 aromatic carbocycles. The number of aromatic nitrogens is 5. The third kappa shape index (κ3) is 6.78. The summed E-state index contributed by atoms with van der Waals surface area (Å²) < 4.78 is 0. The van der Waals surface area contributed by atoms with Gasteiger partial charge in [0.2, 0.25) is 11.7 Å². The van der Waals surface area contributed by atoms with Gasteiger partial charge in [-0.05, 0) is 97.3 Å². The Morgan fingerprint density at radius 2 is 1.73 bits per heavy atom. The van der Waals surface area contributed by atoms with Gasteiger partial charge in [0.05, 0.1) is 0 Å². The number of Topliss-reactive ketones (excluding diaryl/α,β-unsaturated/α-hetero) is 1. The van der Waals surface area contributed by atoms with Crippen molar-refractivity contribution in [1.29, 1.82) is 0 Å². The number of halogens is 1. The van der Waals surface area contributed by atoms with E-state index >= 15 is 0 Å². The van der Waals surface area contributed by atoms with Crippen molar-refractivity contribution in [2.75, 3.05) is 11.9 Å². The number of carbonyl (C=O) groups excluding carboxylic acids is 2. The Morgan fingerprint density at radius 3 is 2.38 bits per heavy atom. The standard InChI is InChI=1S/C30H32ClN7O2/c31-28-26(2-1-15-33-28)21-7-3-19(4-8-21)16-24(17-27(39)22-9-5-20(18-32)6-10-22)30(40)34-25-13-11-23(12-14-25)29-35-37-38-36-29/h1-4,7-8,11-15,20,22,24H,5-6,9-10,16-18,32H2,(H,34,40)(H,35,36,37,38)/t20?,22?,24-/m1/s1. The van der Waals surface area contributed by atoms with Crippen molar-refractivity contribution >= 4 is 29.0 Å². The number of amides is 1. The molecule has 0 radical (unpaired) electrons. The molecule has 1 fully saturated rings. The van der Waals surface area contributed by atoms with E-state index in [-0.39, 0.29) is 24.0 Å². The first kappa shape index (κ1) is 27.6. The van der Waals surface area contributed by atoms with Gasteiger partial charge in [-0.25, -0.2) is 4.98 Å². The third-order valence-corrected chi connectivity index (χ3v) is 8.02. The molecule has 9 nitrogen and oxygen atoms in total. The summed E-state index contributed by atoms with van der Waals surface area (Å²) in [5, 5.41) is 17.4. The van der Waals surface area contributed by atoms with E-state index in [0.29, 0.717) is 35.5 Å². The highest BCUT2D eigenvalue weighted by Crippen LogP contribution is 2.31. The van der Waals surface area contributed by atoms with Crippen LogP contribution in [0.5, 0.6) is 0 Å². The molecule has 1 atom stereocenters. The molecule has 1 amide bonds. The summed E-state index contributed by atoms with van der Waals surface area (Å²) in [4.78, 5) is 31.0. The summed E-state index contributed by atoms with van der Waals surface area (Å²) in [6, 6.07) is 18.9. The molecule has 0 aliphatic heterocycles. The summed E-state index contributed by atoms with van der Waals surface area (Å²) in [6.45, 7) is 0.664.